The highest BCUT2D eigenvalue weighted by molar-refractivity contribution is 9.10. The van der Waals surface area contributed by atoms with Gasteiger partial charge in [0, 0.05) is 27.1 Å². The van der Waals surface area contributed by atoms with Crippen molar-refractivity contribution in [3.8, 4) is 5.69 Å². The van der Waals surface area contributed by atoms with Crippen LogP contribution in [0.5, 0.6) is 0 Å². The molecule has 1 atom stereocenters. The first-order valence-electron chi connectivity index (χ1n) is 13.3. The smallest absolute Gasteiger partial charge is 0.271 e. The summed E-state index contributed by atoms with van der Waals surface area (Å²) < 4.78 is 19.3. The minimum absolute atomic E-state index is 0.0540. The molecule has 0 unspecified atom stereocenters. The third-order valence-electron chi connectivity index (χ3n) is 7.98. The zero-order valence-corrected chi connectivity index (χ0v) is 25.4. The normalized spacial score (nSPS) is 16.3. The van der Waals surface area contributed by atoms with E-state index in [0.717, 1.165) is 56.8 Å². The summed E-state index contributed by atoms with van der Waals surface area (Å²) in [5.74, 6) is -0.454. The fourth-order valence-corrected chi connectivity index (χ4v) is 7.49. The van der Waals surface area contributed by atoms with Crippen molar-refractivity contribution in [1.29, 1.82) is 0 Å². The van der Waals surface area contributed by atoms with Crippen molar-refractivity contribution in [2.24, 2.45) is 4.99 Å². The van der Waals surface area contributed by atoms with Crippen LogP contribution in [0.2, 0.25) is 5.02 Å². The van der Waals surface area contributed by atoms with E-state index in [4.69, 9.17) is 16.6 Å². The van der Waals surface area contributed by atoms with Crippen LogP contribution in [-0.4, -0.2) is 9.13 Å². The molecule has 2 aliphatic rings. The third kappa shape index (κ3) is 4.38. The van der Waals surface area contributed by atoms with Crippen LogP contribution in [-0.2, 0) is 6.42 Å². The molecule has 1 aliphatic carbocycles. The van der Waals surface area contributed by atoms with Gasteiger partial charge in [-0.25, -0.2) is 9.38 Å². The number of fused-ring (bicyclic) bond motifs is 3. The Morgan fingerprint density at radius 1 is 1.05 bits per heavy atom. The van der Waals surface area contributed by atoms with Gasteiger partial charge in [-0.2, -0.15) is 0 Å². The Morgan fingerprint density at radius 2 is 1.83 bits per heavy atom. The summed E-state index contributed by atoms with van der Waals surface area (Å²) in [6, 6.07) is 23.2. The molecule has 0 radical (unpaired) electrons. The van der Waals surface area contributed by atoms with Crippen molar-refractivity contribution < 1.29 is 4.39 Å². The van der Waals surface area contributed by atoms with E-state index in [1.807, 2.05) is 47.3 Å². The fourth-order valence-electron chi connectivity index (χ4n) is 6.06. The molecule has 0 saturated heterocycles. The number of nitrogens with zero attached hydrogens (tertiary/aromatic N) is 3. The van der Waals surface area contributed by atoms with Crippen molar-refractivity contribution in [3.63, 3.8) is 0 Å². The highest BCUT2D eigenvalue weighted by Crippen LogP contribution is 2.41. The van der Waals surface area contributed by atoms with Crippen LogP contribution < -0.4 is 14.9 Å². The fraction of sp³-hybridized carbons (Fsp3) is 0.152. The van der Waals surface area contributed by atoms with Gasteiger partial charge in [-0.15, -0.1) is 0 Å². The molecule has 0 amide bonds. The summed E-state index contributed by atoms with van der Waals surface area (Å²) in [7, 11) is 0. The maximum absolute atomic E-state index is 14.1. The number of hydrogen-bond acceptors (Lipinski definition) is 3. The van der Waals surface area contributed by atoms with Gasteiger partial charge in [-0.05, 0) is 91.4 Å². The Hall–Kier alpha value is -3.52. The molecule has 0 spiro atoms. The van der Waals surface area contributed by atoms with Crippen LogP contribution in [0.25, 0.3) is 17.5 Å². The number of hydrogen-bond donors (Lipinski definition) is 0. The van der Waals surface area contributed by atoms with E-state index >= 15 is 0 Å². The van der Waals surface area contributed by atoms with Crippen LogP contribution in [0.15, 0.2) is 92.6 Å². The van der Waals surface area contributed by atoms with Gasteiger partial charge in [0.15, 0.2) is 4.80 Å². The molecular weight excluding hydrogens is 621 g/mol. The zero-order valence-electron chi connectivity index (χ0n) is 22.3. The zero-order chi connectivity index (χ0) is 28.4. The first kappa shape index (κ1) is 26.4. The lowest BCUT2D eigenvalue weighted by molar-refractivity contribution is 0.585. The summed E-state index contributed by atoms with van der Waals surface area (Å²) in [5.41, 5.74) is 9.20. The lowest BCUT2D eigenvalue weighted by Crippen LogP contribution is -2.38. The van der Waals surface area contributed by atoms with E-state index in [9.17, 15) is 9.18 Å². The van der Waals surface area contributed by atoms with Crippen molar-refractivity contribution >= 4 is 50.6 Å². The number of thiazole rings is 1. The highest BCUT2D eigenvalue weighted by Gasteiger charge is 2.32. The molecule has 8 heteroatoms. The summed E-state index contributed by atoms with van der Waals surface area (Å²) >= 11 is 11.1. The Morgan fingerprint density at radius 3 is 2.61 bits per heavy atom. The number of rotatable bonds is 3. The Bertz CT molecular complexity index is 2090. The van der Waals surface area contributed by atoms with E-state index in [0.29, 0.717) is 9.33 Å². The SMILES string of the molecule is Cc1cc(/C=c2\sc3n(c2=O)[C@H](c2ccc(Br)cc2)C2=C(N=3)c3ccccc3CC2)c(C)n1-c1ccc(F)c(Cl)c1. The van der Waals surface area contributed by atoms with Gasteiger partial charge < -0.3 is 4.57 Å². The largest absolute Gasteiger partial charge is 0.318 e. The van der Waals surface area contributed by atoms with Crippen molar-refractivity contribution in [1.82, 2.24) is 9.13 Å². The second kappa shape index (κ2) is 10.1. The van der Waals surface area contributed by atoms with Crippen LogP contribution >= 0.6 is 38.9 Å². The molecule has 0 saturated carbocycles. The number of halogens is 3. The first-order valence-corrected chi connectivity index (χ1v) is 15.3. The van der Waals surface area contributed by atoms with Crippen molar-refractivity contribution in [2.45, 2.75) is 32.7 Å². The van der Waals surface area contributed by atoms with E-state index in [1.165, 1.54) is 28.5 Å². The monoisotopic (exact) mass is 643 g/mol. The second-order valence-electron chi connectivity index (χ2n) is 10.4. The Kier molecular flexibility index (Phi) is 6.49. The topological polar surface area (TPSA) is 39.3 Å². The molecule has 3 heterocycles. The Balaban J connectivity index is 1.43. The third-order valence-corrected chi connectivity index (χ3v) is 9.78. The van der Waals surface area contributed by atoms with Crippen molar-refractivity contribution in [2.75, 3.05) is 0 Å². The second-order valence-corrected chi connectivity index (χ2v) is 12.8. The average Bonchev–Trinajstić information content (AvgIpc) is 3.43. The summed E-state index contributed by atoms with van der Waals surface area (Å²) in [5, 5.41) is 0.0725. The van der Waals surface area contributed by atoms with E-state index in [2.05, 4.69) is 52.3 Å². The number of aryl methyl sites for hydroxylation is 2. The summed E-state index contributed by atoms with van der Waals surface area (Å²) in [6.07, 6.45) is 3.71. The molecule has 0 N–H and O–H groups in total. The molecule has 204 valence electrons. The quantitative estimate of drug-likeness (QED) is 0.204. The maximum atomic E-state index is 14.1. The minimum Gasteiger partial charge on any atom is -0.318 e. The molecule has 3 aromatic carbocycles. The summed E-state index contributed by atoms with van der Waals surface area (Å²) in [4.78, 5) is 19.9. The predicted octanol–water partition coefficient (Wildman–Crippen LogP) is 7.28. The van der Waals surface area contributed by atoms with Gasteiger partial charge in [-0.3, -0.25) is 9.36 Å². The molecule has 0 bridgehead atoms. The Labute approximate surface area is 253 Å². The number of benzene rings is 3. The van der Waals surface area contributed by atoms with Gasteiger partial charge in [0.1, 0.15) is 5.82 Å². The van der Waals surface area contributed by atoms with Gasteiger partial charge in [0.05, 0.1) is 21.3 Å². The van der Waals surface area contributed by atoms with E-state index in [1.54, 1.807) is 12.1 Å². The van der Waals surface area contributed by atoms with Crippen LogP contribution in [0, 0.1) is 19.7 Å². The number of aromatic nitrogens is 2. The lowest BCUT2D eigenvalue weighted by Gasteiger charge is -2.30. The predicted molar refractivity (Wildman–Crippen MR) is 167 cm³/mol. The molecule has 2 aromatic heterocycles. The number of allylic oxidation sites excluding steroid dienone is 1. The van der Waals surface area contributed by atoms with E-state index in [-0.39, 0.29) is 16.6 Å². The minimum atomic E-state index is -0.454. The highest BCUT2D eigenvalue weighted by atomic mass is 79.9. The molecular formula is C33H24BrClFN3OS. The molecule has 5 aromatic rings. The standard InChI is InChI=1S/C33H24BrClFN3OS/c1-18-15-22(19(2)38(18)24-12-14-28(36)27(35)17-24)16-29-32(40)39-31(21-7-10-23(34)11-8-21)26-13-9-20-5-3-4-6-25(20)30(26)37-33(39)41-29/h3-8,10-12,14-17,31H,9,13H2,1-2H3/b29-16-/t31-/m1/s1. The van der Waals surface area contributed by atoms with Crippen LogP contribution in [0.3, 0.4) is 0 Å². The van der Waals surface area contributed by atoms with Gasteiger partial charge in [-0.1, -0.05) is 75.3 Å². The average molecular weight is 645 g/mol. The molecule has 41 heavy (non-hydrogen) atoms. The van der Waals surface area contributed by atoms with Gasteiger partial charge >= 0.3 is 0 Å². The van der Waals surface area contributed by atoms with Gasteiger partial charge in [0.25, 0.3) is 5.56 Å². The summed E-state index contributed by atoms with van der Waals surface area (Å²) in [6.45, 7) is 3.98. The van der Waals surface area contributed by atoms with Crippen molar-refractivity contribution in [3.05, 3.63) is 147 Å². The van der Waals surface area contributed by atoms with E-state index < -0.39 is 5.82 Å². The molecule has 1 aliphatic heterocycles. The molecule has 7 rings (SSSR count). The molecule has 0 fully saturated rings. The van der Waals surface area contributed by atoms with Gasteiger partial charge in [0.2, 0.25) is 0 Å². The molecule has 4 nitrogen and oxygen atoms in total. The lowest BCUT2D eigenvalue weighted by atomic mass is 9.83. The van der Waals surface area contributed by atoms with Crippen LogP contribution in [0.1, 0.15) is 46.1 Å². The first-order chi connectivity index (χ1) is 19.8. The van der Waals surface area contributed by atoms with Crippen LogP contribution in [0.4, 0.5) is 4.39 Å². The maximum Gasteiger partial charge on any atom is 0.271 e.